The van der Waals surface area contributed by atoms with Gasteiger partial charge in [-0.2, -0.15) is 0 Å². The average Bonchev–Trinajstić information content (AvgIpc) is 2.75. The summed E-state index contributed by atoms with van der Waals surface area (Å²) in [4.78, 5) is 11.2. The Morgan fingerprint density at radius 2 is 2.33 bits per heavy atom. The van der Waals surface area contributed by atoms with Gasteiger partial charge in [0.1, 0.15) is 5.60 Å². The average molecular weight is 212 g/mol. The third-order valence-electron chi connectivity index (χ3n) is 3.98. The van der Waals surface area contributed by atoms with Gasteiger partial charge in [-0.1, -0.05) is 13.8 Å². The SMILES string of the molecule is CCC(C)C1(OC(C)=O)CC2CCC1O2. The molecule has 4 atom stereocenters. The minimum absolute atomic E-state index is 0.140. The van der Waals surface area contributed by atoms with Crippen molar-refractivity contribution in [3.05, 3.63) is 0 Å². The topological polar surface area (TPSA) is 35.5 Å². The third kappa shape index (κ3) is 1.67. The fourth-order valence-corrected chi connectivity index (χ4v) is 3.04. The summed E-state index contributed by atoms with van der Waals surface area (Å²) in [5.41, 5.74) is -0.330. The number of hydrogen-bond donors (Lipinski definition) is 0. The summed E-state index contributed by atoms with van der Waals surface area (Å²) < 4.78 is 11.5. The number of rotatable bonds is 3. The maximum atomic E-state index is 11.2. The Morgan fingerprint density at radius 3 is 2.73 bits per heavy atom. The van der Waals surface area contributed by atoms with Crippen LogP contribution in [0.3, 0.4) is 0 Å². The summed E-state index contributed by atoms with van der Waals surface area (Å²) in [5, 5.41) is 0. The standard InChI is InChI=1S/C12H20O3/c1-4-8(2)12(15-9(3)13)7-10-5-6-11(12)14-10/h8,10-11H,4-7H2,1-3H3. The van der Waals surface area contributed by atoms with E-state index in [1.54, 1.807) is 0 Å². The van der Waals surface area contributed by atoms with Gasteiger partial charge in [0, 0.05) is 13.3 Å². The van der Waals surface area contributed by atoms with Gasteiger partial charge in [-0.05, 0) is 25.2 Å². The van der Waals surface area contributed by atoms with E-state index in [1.165, 1.54) is 6.92 Å². The number of ether oxygens (including phenoxy) is 2. The normalized spacial score (nSPS) is 40.5. The largest absolute Gasteiger partial charge is 0.456 e. The van der Waals surface area contributed by atoms with Crippen LogP contribution in [0.25, 0.3) is 0 Å². The highest BCUT2D eigenvalue weighted by atomic mass is 16.6. The predicted molar refractivity (Wildman–Crippen MR) is 56.5 cm³/mol. The van der Waals surface area contributed by atoms with Gasteiger partial charge in [0.05, 0.1) is 12.2 Å². The summed E-state index contributed by atoms with van der Waals surface area (Å²) in [6.07, 6.45) is 4.56. The van der Waals surface area contributed by atoms with E-state index in [1.807, 2.05) is 0 Å². The van der Waals surface area contributed by atoms with Gasteiger partial charge in [0.2, 0.25) is 0 Å². The van der Waals surface area contributed by atoms with Gasteiger partial charge in [-0.15, -0.1) is 0 Å². The molecule has 2 fully saturated rings. The molecule has 0 aliphatic carbocycles. The van der Waals surface area contributed by atoms with E-state index in [2.05, 4.69) is 13.8 Å². The first kappa shape index (κ1) is 10.9. The van der Waals surface area contributed by atoms with E-state index in [4.69, 9.17) is 9.47 Å². The Hall–Kier alpha value is -0.570. The lowest BCUT2D eigenvalue weighted by atomic mass is 9.75. The third-order valence-corrected chi connectivity index (χ3v) is 3.98. The lowest BCUT2D eigenvalue weighted by Crippen LogP contribution is -2.49. The minimum Gasteiger partial charge on any atom is -0.456 e. The van der Waals surface area contributed by atoms with Crippen LogP contribution < -0.4 is 0 Å². The van der Waals surface area contributed by atoms with E-state index >= 15 is 0 Å². The molecular formula is C12H20O3. The van der Waals surface area contributed by atoms with Crippen LogP contribution in [-0.4, -0.2) is 23.8 Å². The second-order valence-corrected chi connectivity index (χ2v) is 4.89. The number of esters is 1. The molecule has 3 nitrogen and oxygen atoms in total. The summed E-state index contributed by atoms with van der Waals surface area (Å²) in [6, 6.07) is 0. The molecule has 4 unspecified atom stereocenters. The molecule has 0 N–H and O–H groups in total. The fraction of sp³-hybridized carbons (Fsp3) is 0.917. The number of hydrogen-bond acceptors (Lipinski definition) is 3. The Kier molecular flexibility index (Phi) is 2.75. The van der Waals surface area contributed by atoms with Gasteiger partial charge in [0.25, 0.3) is 0 Å². The van der Waals surface area contributed by atoms with Crippen LogP contribution in [0.1, 0.15) is 46.5 Å². The van der Waals surface area contributed by atoms with Crippen LogP contribution in [0.2, 0.25) is 0 Å². The monoisotopic (exact) mass is 212 g/mol. The summed E-state index contributed by atoms with van der Waals surface area (Å²) in [7, 11) is 0. The summed E-state index contributed by atoms with van der Waals surface area (Å²) in [6.45, 7) is 5.80. The van der Waals surface area contributed by atoms with Crippen LogP contribution >= 0.6 is 0 Å². The molecule has 0 aromatic rings. The molecule has 2 rings (SSSR count). The lowest BCUT2D eigenvalue weighted by molar-refractivity contribution is -0.171. The summed E-state index contributed by atoms with van der Waals surface area (Å²) in [5.74, 6) is 0.211. The highest BCUT2D eigenvalue weighted by molar-refractivity contribution is 5.66. The van der Waals surface area contributed by atoms with Crippen molar-refractivity contribution < 1.29 is 14.3 Å². The fourth-order valence-electron chi connectivity index (χ4n) is 3.04. The van der Waals surface area contributed by atoms with E-state index in [0.29, 0.717) is 12.0 Å². The maximum absolute atomic E-state index is 11.2. The van der Waals surface area contributed by atoms with Gasteiger partial charge in [0.15, 0.2) is 0 Å². The Morgan fingerprint density at radius 1 is 1.60 bits per heavy atom. The molecular weight excluding hydrogens is 192 g/mol. The minimum atomic E-state index is -0.330. The molecule has 0 aromatic heterocycles. The Bertz CT molecular complexity index is 264. The number of carbonyl (C=O) groups excluding carboxylic acids is 1. The summed E-state index contributed by atoms with van der Waals surface area (Å²) >= 11 is 0. The van der Waals surface area contributed by atoms with E-state index in [9.17, 15) is 4.79 Å². The van der Waals surface area contributed by atoms with Crippen molar-refractivity contribution in [2.24, 2.45) is 5.92 Å². The second-order valence-electron chi connectivity index (χ2n) is 4.89. The number of carbonyl (C=O) groups is 1. The van der Waals surface area contributed by atoms with Crippen molar-refractivity contribution in [3.8, 4) is 0 Å². The molecule has 2 aliphatic rings. The molecule has 0 saturated carbocycles. The molecule has 3 heteroatoms. The lowest BCUT2D eigenvalue weighted by Gasteiger charge is -2.39. The van der Waals surface area contributed by atoms with Crippen molar-refractivity contribution >= 4 is 5.97 Å². The highest BCUT2D eigenvalue weighted by Gasteiger charge is 2.57. The van der Waals surface area contributed by atoms with Crippen molar-refractivity contribution in [2.75, 3.05) is 0 Å². The second kappa shape index (κ2) is 3.78. The van der Waals surface area contributed by atoms with Crippen LogP contribution in [0, 0.1) is 5.92 Å². The van der Waals surface area contributed by atoms with Gasteiger partial charge < -0.3 is 9.47 Å². The molecule has 86 valence electrons. The van der Waals surface area contributed by atoms with Crippen LogP contribution in [0.5, 0.6) is 0 Å². The van der Waals surface area contributed by atoms with Crippen LogP contribution in [-0.2, 0) is 14.3 Å². The zero-order valence-electron chi connectivity index (χ0n) is 9.79. The van der Waals surface area contributed by atoms with Crippen molar-refractivity contribution in [1.82, 2.24) is 0 Å². The number of fused-ring (bicyclic) bond motifs is 2. The Labute approximate surface area is 91.1 Å². The Balaban J connectivity index is 2.20. The molecule has 2 heterocycles. The van der Waals surface area contributed by atoms with E-state index in [-0.39, 0.29) is 17.7 Å². The zero-order chi connectivity index (χ0) is 11.1. The van der Waals surface area contributed by atoms with Crippen molar-refractivity contribution in [1.29, 1.82) is 0 Å². The van der Waals surface area contributed by atoms with Crippen LogP contribution in [0.4, 0.5) is 0 Å². The molecule has 2 saturated heterocycles. The highest BCUT2D eigenvalue weighted by Crippen LogP contribution is 2.48. The molecule has 0 spiro atoms. The molecule has 2 aliphatic heterocycles. The van der Waals surface area contributed by atoms with Gasteiger partial charge in [-0.3, -0.25) is 4.79 Å². The van der Waals surface area contributed by atoms with Crippen LogP contribution in [0.15, 0.2) is 0 Å². The molecule has 0 aromatic carbocycles. The maximum Gasteiger partial charge on any atom is 0.303 e. The van der Waals surface area contributed by atoms with Crippen molar-refractivity contribution in [3.63, 3.8) is 0 Å². The molecule has 15 heavy (non-hydrogen) atoms. The van der Waals surface area contributed by atoms with Crippen molar-refractivity contribution in [2.45, 2.75) is 64.3 Å². The predicted octanol–water partition coefficient (Wildman–Crippen LogP) is 2.29. The quantitative estimate of drug-likeness (QED) is 0.673. The molecule has 0 radical (unpaired) electrons. The first-order valence-corrected chi connectivity index (χ1v) is 5.93. The molecule has 2 bridgehead atoms. The first-order chi connectivity index (χ1) is 7.08. The molecule has 0 amide bonds. The van der Waals surface area contributed by atoms with Gasteiger partial charge in [-0.25, -0.2) is 0 Å². The zero-order valence-corrected chi connectivity index (χ0v) is 9.79. The smallest absolute Gasteiger partial charge is 0.303 e. The van der Waals surface area contributed by atoms with E-state index < -0.39 is 0 Å². The van der Waals surface area contributed by atoms with Gasteiger partial charge >= 0.3 is 5.97 Å². The van der Waals surface area contributed by atoms with E-state index in [0.717, 1.165) is 25.7 Å². The first-order valence-electron chi connectivity index (χ1n) is 5.93.